The van der Waals surface area contributed by atoms with Crippen LogP contribution >= 0.6 is 0 Å². The molecule has 9 rings (SSSR count). The largest absolute Gasteiger partial charge is 0.394 e. The minimum Gasteiger partial charge on any atom is -0.394 e. The topological polar surface area (TPSA) is 236 Å². The second-order valence-electron chi connectivity index (χ2n) is 20.6. The van der Waals surface area contributed by atoms with Gasteiger partial charge < -0.3 is 78.7 Å². The Morgan fingerprint density at radius 3 is 2.08 bits per heavy atom. The quantitative estimate of drug-likeness (QED) is 0.158. The average Bonchev–Trinajstić information content (AvgIpc) is 3.79. The van der Waals surface area contributed by atoms with Crippen molar-refractivity contribution in [3.8, 4) is 0 Å². The molecule has 8 fully saturated rings. The molecular formula is C44H70O16. The van der Waals surface area contributed by atoms with Crippen LogP contribution < -0.4 is 0 Å². The maximum absolute atomic E-state index is 11.9. The molecular weight excluding hydrogens is 784 g/mol. The van der Waals surface area contributed by atoms with Gasteiger partial charge in [0.2, 0.25) is 0 Å². The lowest BCUT2D eigenvalue weighted by Crippen LogP contribution is -2.65. The summed E-state index contributed by atoms with van der Waals surface area (Å²) in [7, 11) is 0. The van der Waals surface area contributed by atoms with Crippen molar-refractivity contribution in [1.82, 2.24) is 0 Å². The highest BCUT2D eigenvalue weighted by Crippen LogP contribution is 2.70. The molecule has 0 amide bonds. The van der Waals surface area contributed by atoms with Gasteiger partial charge in [-0.2, -0.15) is 0 Å². The molecule has 60 heavy (non-hydrogen) atoms. The average molecular weight is 855 g/mol. The minimum atomic E-state index is -1.72. The molecule has 10 unspecified atom stereocenters. The van der Waals surface area contributed by atoms with E-state index in [1.807, 2.05) is 0 Å². The smallest absolute Gasteiger partial charge is 0.187 e. The summed E-state index contributed by atoms with van der Waals surface area (Å²) in [5, 5.41) is 85.0. The predicted molar refractivity (Wildman–Crippen MR) is 208 cm³/mol. The lowest BCUT2D eigenvalue weighted by molar-refractivity contribution is -0.376. The van der Waals surface area contributed by atoms with Gasteiger partial charge in [0.05, 0.1) is 38.1 Å². The third-order valence-corrected chi connectivity index (χ3v) is 17.3. The van der Waals surface area contributed by atoms with Gasteiger partial charge in [-0.25, -0.2) is 0 Å². The van der Waals surface area contributed by atoms with E-state index in [2.05, 4.69) is 33.8 Å². The fourth-order valence-corrected chi connectivity index (χ4v) is 13.8. The summed E-state index contributed by atoms with van der Waals surface area (Å²) in [4.78, 5) is 0. The van der Waals surface area contributed by atoms with Gasteiger partial charge in [-0.15, -0.1) is 0 Å². The second kappa shape index (κ2) is 16.5. The Balaban J connectivity index is 0.900. The Morgan fingerprint density at radius 2 is 1.38 bits per heavy atom. The number of hydrogen-bond acceptors (Lipinski definition) is 16. The maximum Gasteiger partial charge on any atom is 0.187 e. The van der Waals surface area contributed by atoms with E-state index in [1.54, 1.807) is 0 Å². The van der Waals surface area contributed by atoms with Crippen molar-refractivity contribution in [1.29, 1.82) is 0 Å². The van der Waals surface area contributed by atoms with Gasteiger partial charge in [0.15, 0.2) is 24.7 Å². The number of aliphatic hydroxyl groups excluding tert-OH is 8. The summed E-state index contributed by atoms with van der Waals surface area (Å²) in [6.07, 6.45) is -8.88. The number of rotatable bonds is 8. The van der Waals surface area contributed by atoms with Crippen molar-refractivity contribution < 1.29 is 78.7 Å². The maximum atomic E-state index is 11.9. The number of hydrogen-bond donors (Lipinski definition) is 8. The number of ether oxygens (including phenoxy) is 8. The van der Waals surface area contributed by atoms with E-state index in [9.17, 15) is 40.9 Å². The van der Waals surface area contributed by atoms with E-state index >= 15 is 0 Å². The molecule has 0 aromatic carbocycles. The summed E-state index contributed by atoms with van der Waals surface area (Å²) >= 11 is 0. The molecule has 25 atom stereocenters. The monoisotopic (exact) mass is 854 g/mol. The van der Waals surface area contributed by atoms with Crippen LogP contribution in [-0.2, 0) is 37.9 Å². The SMILES string of the molecule is CC1CCC2(OC1)OC1CC3C4CC=C5C[C@@H](O[C@@H]6O[C@H](CO)[C@@H](O[C@@H]7O[C@H](C)[C@@H](O)[C@@H](O)[C@H]7O)[C@@H](O[C@@H]7O[C@@H](CO)[C@@H](O)[C@H]7O)[C@H]6O)CCC5(C)C4CCC3(C)C1C2C. The van der Waals surface area contributed by atoms with Crippen LogP contribution in [0.4, 0.5) is 0 Å². The Kier molecular flexibility index (Phi) is 12.2. The predicted octanol–water partition coefficient (Wildman–Crippen LogP) is 0.853. The van der Waals surface area contributed by atoms with Crippen molar-refractivity contribution in [3.05, 3.63) is 11.6 Å². The van der Waals surface area contributed by atoms with E-state index in [0.29, 0.717) is 48.3 Å². The first-order valence-corrected chi connectivity index (χ1v) is 22.8. The number of aliphatic hydroxyl groups is 8. The lowest BCUT2D eigenvalue weighted by atomic mass is 9.47. The Labute approximate surface area is 352 Å². The van der Waals surface area contributed by atoms with Crippen LogP contribution in [0.15, 0.2) is 11.6 Å². The van der Waals surface area contributed by atoms with Crippen LogP contribution in [0.3, 0.4) is 0 Å². The van der Waals surface area contributed by atoms with Gasteiger partial charge in [-0.3, -0.25) is 0 Å². The van der Waals surface area contributed by atoms with Gasteiger partial charge >= 0.3 is 0 Å². The molecule has 16 nitrogen and oxygen atoms in total. The van der Waals surface area contributed by atoms with Crippen molar-refractivity contribution in [3.63, 3.8) is 0 Å². The second-order valence-corrected chi connectivity index (χ2v) is 20.6. The molecule has 5 heterocycles. The zero-order valence-electron chi connectivity index (χ0n) is 35.6. The first kappa shape index (κ1) is 44.3. The molecule has 342 valence electrons. The molecule has 5 saturated heterocycles. The highest BCUT2D eigenvalue weighted by Gasteiger charge is 2.69. The molecule has 16 heteroatoms. The van der Waals surface area contributed by atoms with Gasteiger partial charge in [-0.05, 0) is 98.7 Å². The third kappa shape index (κ3) is 7.10. The zero-order valence-corrected chi connectivity index (χ0v) is 35.6. The van der Waals surface area contributed by atoms with Gasteiger partial charge in [0, 0.05) is 12.3 Å². The van der Waals surface area contributed by atoms with Gasteiger partial charge in [0.25, 0.3) is 0 Å². The standard InChI is InChI=1S/C44H70O16/c1-19-8-13-44(53-18-19)20(2)30-27(60-44)15-26-24-7-6-22-14-23(9-11-42(22,4)25(24)10-12-43(26,30)5)55-41-36(52)38(59-40-34(50)32(48)28(16-45)56-40)37(29(17-46)57-41)58-39-35(51)33(49)31(47)21(3)54-39/h6,19-21,23-41,45-52H,7-18H2,1-5H3/t19?,20?,21-,23+,24?,25?,26?,27?,28+,29-,30?,31-,32-,33-,34-,35-,36-,37-,38+,39+,40+,41-,42?,43?,44?/m1/s1. The lowest BCUT2D eigenvalue weighted by Gasteiger charge is -2.58. The van der Waals surface area contributed by atoms with E-state index in [0.717, 1.165) is 45.1 Å². The minimum absolute atomic E-state index is 0.00147. The molecule has 0 aromatic rings. The van der Waals surface area contributed by atoms with Crippen molar-refractivity contribution in [2.75, 3.05) is 19.8 Å². The summed E-state index contributed by atoms with van der Waals surface area (Å²) in [6.45, 7) is 10.6. The van der Waals surface area contributed by atoms with E-state index in [-0.39, 0.29) is 23.0 Å². The molecule has 4 aliphatic carbocycles. The van der Waals surface area contributed by atoms with E-state index in [1.165, 1.54) is 18.9 Å². The summed E-state index contributed by atoms with van der Waals surface area (Å²) < 4.78 is 49.7. The van der Waals surface area contributed by atoms with Crippen LogP contribution in [0.2, 0.25) is 0 Å². The molecule has 0 bridgehead atoms. The Hall–Kier alpha value is -0.900. The Bertz CT molecular complexity index is 1560. The first-order chi connectivity index (χ1) is 28.5. The fourth-order valence-electron chi connectivity index (χ4n) is 13.8. The number of fused-ring (bicyclic) bond motifs is 7. The van der Waals surface area contributed by atoms with Crippen molar-refractivity contribution >= 4 is 0 Å². The summed E-state index contributed by atoms with van der Waals surface area (Å²) in [5.74, 6) is 2.69. The number of allylic oxidation sites excluding steroid dienone is 1. The van der Waals surface area contributed by atoms with Crippen LogP contribution in [0.1, 0.15) is 92.4 Å². The highest BCUT2D eigenvalue weighted by molar-refractivity contribution is 5.26. The Morgan fingerprint density at radius 1 is 0.700 bits per heavy atom. The summed E-state index contributed by atoms with van der Waals surface area (Å²) in [6, 6.07) is 0. The van der Waals surface area contributed by atoms with Gasteiger partial charge in [-0.1, -0.05) is 39.3 Å². The normalized spacial score (nSPS) is 57.7. The molecule has 8 N–H and O–H groups in total. The molecule has 0 radical (unpaired) electrons. The van der Waals surface area contributed by atoms with Crippen molar-refractivity contribution in [2.45, 2.75) is 196 Å². The van der Waals surface area contributed by atoms with Crippen molar-refractivity contribution in [2.24, 2.45) is 46.3 Å². The third-order valence-electron chi connectivity index (χ3n) is 17.3. The summed E-state index contributed by atoms with van der Waals surface area (Å²) in [5.41, 5.74) is 1.56. The van der Waals surface area contributed by atoms with E-state index in [4.69, 9.17) is 37.9 Å². The van der Waals surface area contributed by atoms with Crippen LogP contribution in [0, 0.1) is 46.3 Å². The first-order valence-electron chi connectivity index (χ1n) is 22.8. The van der Waals surface area contributed by atoms with Crippen LogP contribution in [0.25, 0.3) is 0 Å². The molecule has 3 saturated carbocycles. The van der Waals surface area contributed by atoms with Gasteiger partial charge in [0.1, 0.15) is 61.0 Å². The molecule has 0 aromatic heterocycles. The van der Waals surface area contributed by atoms with E-state index < -0.39 is 105 Å². The van der Waals surface area contributed by atoms with Crippen LogP contribution in [-0.4, -0.2) is 165 Å². The fraction of sp³-hybridized carbons (Fsp3) is 0.955. The molecule has 1 spiro atoms. The molecule has 9 aliphatic rings. The molecule has 5 aliphatic heterocycles. The van der Waals surface area contributed by atoms with Crippen LogP contribution in [0.5, 0.6) is 0 Å². The zero-order chi connectivity index (χ0) is 42.6. The highest BCUT2D eigenvalue weighted by atomic mass is 16.8.